The van der Waals surface area contributed by atoms with Crippen LogP contribution in [0.25, 0.3) is 38.5 Å². The van der Waals surface area contributed by atoms with Crippen LogP contribution in [0.5, 0.6) is 5.75 Å². The summed E-state index contributed by atoms with van der Waals surface area (Å²) in [6.45, 7) is 0. The Morgan fingerprint density at radius 1 is 0.763 bits per heavy atom. The van der Waals surface area contributed by atoms with Crippen LogP contribution in [0.4, 0.5) is 0 Å². The van der Waals surface area contributed by atoms with Crippen molar-refractivity contribution in [2.24, 2.45) is 0 Å². The summed E-state index contributed by atoms with van der Waals surface area (Å²) in [6.07, 6.45) is 13.4. The fraction of sp³-hybridized carbons (Fsp3) is 0.111. The van der Waals surface area contributed by atoms with E-state index in [0.717, 1.165) is 18.6 Å². The lowest BCUT2D eigenvalue weighted by atomic mass is 9.82. The van der Waals surface area contributed by atoms with Crippen molar-refractivity contribution in [1.29, 1.82) is 0 Å². The molecule has 182 valence electrons. The molecule has 0 fully saturated rings. The van der Waals surface area contributed by atoms with Crippen LogP contribution in [-0.2, 0) is 0 Å². The minimum atomic E-state index is -0.0290. The first-order valence-electron chi connectivity index (χ1n) is 13.5. The van der Waals surface area contributed by atoms with E-state index in [2.05, 4.69) is 126 Å². The first-order chi connectivity index (χ1) is 18.8. The van der Waals surface area contributed by atoms with E-state index in [-0.39, 0.29) is 12.0 Å². The Kier molecular flexibility index (Phi) is 4.81. The maximum atomic E-state index is 6.94. The molecule has 1 aliphatic heterocycles. The van der Waals surface area contributed by atoms with Crippen LogP contribution in [0.2, 0.25) is 0 Å². The van der Waals surface area contributed by atoms with E-state index in [1.165, 1.54) is 60.8 Å². The number of H-pyrrole nitrogens is 1. The Hall–Kier alpha value is -4.56. The first-order valence-corrected chi connectivity index (χ1v) is 13.5. The Labute approximate surface area is 222 Å². The highest BCUT2D eigenvalue weighted by molar-refractivity contribution is 6.08. The Bertz CT molecular complexity index is 1850. The summed E-state index contributed by atoms with van der Waals surface area (Å²) in [5, 5.41) is 2.52. The van der Waals surface area contributed by atoms with Gasteiger partial charge >= 0.3 is 0 Å². The average Bonchev–Trinajstić information content (AvgIpc) is 3.56. The van der Waals surface area contributed by atoms with Crippen LogP contribution < -0.4 is 4.74 Å². The van der Waals surface area contributed by atoms with Crippen LogP contribution in [0.3, 0.4) is 0 Å². The Balaban J connectivity index is 1.23. The number of fused-ring (bicyclic) bond motifs is 6. The van der Waals surface area contributed by atoms with Gasteiger partial charge in [0.25, 0.3) is 0 Å². The van der Waals surface area contributed by atoms with E-state index >= 15 is 0 Å². The van der Waals surface area contributed by atoms with Gasteiger partial charge < -0.3 is 9.72 Å². The Morgan fingerprint density at radius 3 is 2.58 bits per heavy atom. The van der Waals surface area contributed by atoms with Gasteiger partial charge in [-0.3, -0.25) is 0 Å². The number of aromatic nitrogens is 1. The lowest BCUT2D eigenvalue weighted by Gasteiger charge is -2.23. The van der Waals surface area contributed by atoms with Crippen molar-refractivity contribution in [1.82, 2.24) is 4.98 Å². The van der Waals surface area contributed by atoms with E-state index in [1.54, 1.807) is 0 Å². The molecule has 38 heavy (non-hydrogen) atoms. The van der Waals surface area contributed by atoms with E-state index < -0.39 is 0 Å². The van der Waals surface area contributed by atoms with Gasteiger partial charge in [0, 0.05) is 44.4 Å². The molecule has 0 saturated carbocycles. The predicted molar refractivity (Wildman–Crippen MR) is 158 cm³/mol. The first kappa shape index (κ1) is 21.5. The van der Waals surface area contributed by atoms with Gasteiger partial charge in [-0.1, -0.05) is 103 Å². The summed E-state index contributed by atoms with van der Waals surface area (Å²) >= 11 is 0. The van der Waals surface area contributed by atoms with Crippen molar-refractivity contribution >= 4 is 38.5 Å². The molecule has 4 aromatic carbocycles. The van der Waals surface area contributed by atoms with Gasteiger partial charge in [0.05, 0.1) is 0 Å². The van der Waals surface area contributed by atoms with Crippen LogP contribution in [-0.4, -0.2) is 11.1 Å². The number of hydrogen-bond donors (Lipinski definition) is 1. The van der Waals surface area contributed by atoms with Crippen molar-refractivity contribution in [3.63, 3.8) is 0 Å². The van der Waals surface area contributed by atoms with Crippen LogP contribution in [0, 0.1) is 0 Å². The van der Waals surface area contributed by atoms with Gasteiger partial charge in [0.2, 0.25) is 0 Å². The molecular formula is C36H27NO. The molecule has 1 N–H and O–H groups in total. The topological polar surface area (TPSA) is 25.0 Å². The van der Waals surface area contributed by atoms with Crippen LogP contribution >= 0.6 is 0 Å². The molecule has 2 heteroatoms. The SMILES string of the molecule is C1=CC2c3cccc(C4=C(c5ccccc5)C=CCC4)c3OC2C(c2ccc3[nH]c4ccccc4c3c2)=C1. The highest BCUT2D eigenvalue weighted by atomic mass is 16.5. The zero-order valence-electron chi connectivity index (χ0n) is 21.0. The van der Waals surface area contributed by atoms with E-state index in [9.17, 15) is 0 Å². The van der Waals surface area contributed by atoms with Crippen molar-refractivity contribution in [2.45, 2.75) is 24.9 Å². The second-order valence-electron chi connectivity index (χ2n) is 10.4. The summed E-state index contributed by atoms with van der Waals surface area (Å²) in [6, 6.07) is 32.7. The van der Waals surface area contributed by atoms with Gasteiger partial charge in [0.15, 0.2) is 0 Å². The molecule has 0 radical (unpaired) electrons. The minimum absolute atomic E-state index is 0.0290. The smallest absolute Gasteiger partial charge is 0.135 e. The minimum Gasteiger partial charge on any atom is -0.484 e. The zero-order valence-corrected chi connectivity index (χ0v) is 21.0. The van der Waals surface area contributed by atoms with Gasteiger partial charge in [-0.05, 0) is 53.3 Å². The number of rotatable bonds is 3. The monoisotopic (exact) mass is 489 g/mol. The highest BCUT2D eigenvalue weighted by Crippen LogP contribution is 2.50. The summed E-state index contributed by atoms with van der Waals surface area (Å²) in [4.78, 5) is 3.55. The number of ether oxygens (including phenoxy) is 1. The standard InChI is InChI=1S/C36H27NO/c1-2-10-23(11-3-1)25-12-4-5-13-27(25)29-16-9-18-31-30-17-8-15-26(35(30)38-36(29)31)24-20-21-34-32(22-24)28-14-6-7-19-33(28)37-34/h1-4,6-12,14-22,30,35,37H,5,13H2. The molecule has 2 atom stereocenters. The van der Waals surface area contributed by atoms with Crippen LogP contribution in [0.1, 0.15) is 41.0 Å². The molecule has 0 bridgehead atoms. The van der Waals surface area contributed by atoms with Gasteiger partial charge in [0.1, 0.15) is 11.9 Å². The molecule has 0 spiro atoms. The number of allylic oxidation sites excluding steroid dienone is 6. The van der Waals surface area contributed by atoms with Crippen molar-refractivity contribution in [3.05, 3.63) is 144 Å². The number of hydrogen-bond acceptors (Lipinski definition) is 1. The molecule has 0 saturated heterocycles. The third kappa shape index (κ3) is 3.27. The molecular weight excluding hydrogens is 462 g/mol. The van der Waals surface area contributed by atoms with Crippen molar-refractivity contribution in [3.8, 4) is 5.75 Å². The van der Waals surface area contributed by atoms with E-state index in [0.29, 0.717) is 0 Å². The second-order valence-corrected chi connectivity index (χ2v) is 10.4. The lowest BCUT2D eigenvalue weighted by Crippen LogP contribution is -2.21. The molecule has 2 heterocycles. The molecule has 3 aliphatic rings. The summed E-state index contributed by atoms with van der Waals surface area (Å²) in [5.74, 6) is 1.26. The summed E-state index contributed by atoms with van der Waals surface area (Å²) in [7, 11) is 0. The van der Waals surface area contributed by atoms with E-state index in [1.807, 2.05) is 0 Å². The number of nitrogens with one attached hydrogen (secondary N) is 1. The van der Waals surface area contributed by atoms with Gasteiger partial charge in [-0.15, -0.1) is 0 Å². The molecule has 2 aliphatic carbocycles. The number of para-hydroxylation sites is 2. The van der Waals surface area contributed by atoms with Gasteiger partial charge in [-0.2, -0.15) is 0 Å². The average molecular weight is 490 g/mol. The fourth-order valence-electron chi connectivity index (χ4n) is 6.51. The predicted octanol–water partition coefficient (Wildman–Crippen LogP) is 9.08. The largest absolute Gasteiger partial charge is 0.484 e. The third-order valence-electron chi connectivity index (χ3n) is 8.30. The lowest BCUT2D eigenvalue weighted by molar-refractivity contribution is 0.277. The fourth-order valence-corrected chi connectivity index (χ4v) is 6.51. The van der Waals surface area contributed by atoms with Crippen LogP contribution in [0.15, 0.2) is 121 Å². The molecule has 0 amide bonds. The number of aromatic amines is 1. The number of benzene rings is 4. The zero-order chi connectivity index (χ0) is 25.1. The van der Waals surface area contributed by atoms with Crippen molar-refractivity contribution < 1.29 is 4.74 Å². The maximum absolute atomic E-state index is 6.94. The second kappa shape index (κ2) is 8.49. The van der Waals surface area contributed by atoms with Gasteiger partial charge in [-0.25, -0.2) is 0 Å². The summed E-state index contributed by atoms with van der Waals surface area (Å²) in [5.41, 5.74) is 11.3. The normalized spacial score (nSPS) is 19.9. The molecule has 8 rings (SSSR count). The molecule has 1 aromatic heterocycles. The highest BCUT2D eigenvalue weighted by Gasteiger charge is 2.39. The summed E-state index contributed by atoms with van der Waals surface area (Å²) < 4.78 is 6.94. The Morgan fingerprint density at radius 2 is 1.63 bits per heavy atom. The van der Waals surface area contributed by atoms with E-state index in [4.69, 9.17) is 4.74 Å². The quantitative estimate of drug-likeness (QED) is 0.269. The third-order valence-corrected chi connectivity index (χ3v) is 8.30. The molecule has 5 aromatic rings. The molecule has 2 nitrogen and oxygen atoms in total. The molecule has 2 unspecified atom stereocenters. The van der Waals surface area contributed by atoms with Crippen molar-refractivity contribution in [2.75, 3.05) is 0 Å². The maximum Gasteiger partial charge on any atom is 0.135 e.